The second kappa shape index (κ2) is 4.78. The van der Waals surface area contributed by atoms with Crippen molar-refractivity contribution in [3.8, 4) is 0 Å². The minimum absolute atomic E-state index is 0.111. The van der Waals surface area contributed by atoms with Crippen LogP contribution in [0, 0.1) is 0 Å². The quantitative estimate of drug-likeness (QED) is 0.701. The zero-order valence-corrected chi connectivity index (χ0v) is 9.52. The molecule has 0 atom stereocenters. The standard InChI is InChI=1S/C11H22N2O/c1-4-11(6-5-7-11)12-8-10(14)13-9(2)3/h9,12H,4-8H2,1-3H3,(H,13,14). The van der Waals surface area contributed by atoms with Gasteiger partial charge in [-0.3, -0.25) is 4.79 Å². The Hall–Kier alpha value is -0.570. The molecule has 82 valence electrons. The molecule has 0 aromatic rings. The summed E-state index contributed by atoms with van der Waals surface area (Å²) in [5, 5.41) is 6.26. The Labute approximate surface area is 86.6 Å². The van der Waals surface area contributed by atoms with Crippen molar-refractivity contribution in [3.05, 3.63) is 0 Å². The zero-order chi connectivity index (χ0) is 10.6. The van der Waals surface area contributed by atoms with E-state index >= 15 is 0 Å². The molecule has 1 fully saturated rings. The van der Waals surface area contributed by atoms with E-state index in [4.69, 9.17) is 0 Å². The highest BCUT2D eigenvalue weighted by atomic mass is 16.1. The maximum Gasteiger partial charge on any atom is 0.234 e. The first-order chi connectivity index (χ1) is 6.58. The van der Waals surface area contributed by atoms with E-state index in [1.807, 2.05) is 13.8 Å². The van der Waals surface area contributed by atoms with E-state index in [1.54, 1.807) is 0 Å². The van der Waals surface area contributed by atoms with Gasteiger partial charge in [0.2, 0.25) is 5.91 Å². The van der Waals surface area contributed by atoms with Gasteiger partial charge in [-0.25, -0.2) is 0 Å². The number of carbonyl (C=O) groups is 1. The lowest BCUT2D eigenvalue weighted by Crippen LogP contribution is -2.53. The van der Waals surface area contributed by atoms with Crippen molar-refractivity contribution in [2.45, 2.75) is 58.0 Å². The second-order valence-corrected chi connectivity index (χ2v) is 4.56. The van der Waals surface area contributed by atoms with E-state index in [9.17, 15) is 4.79 Å². The Bertz CT molecular complexity index is 192. The second-order valence-electron chi connectivity index (χ2n) is 4.56. The molecule has 1 amide bonds. The average molecular weight is 198 g/mol. The fraction of sp³-hybridized carbons (Fsp3) is 0.909. The summed E-state index contributed by atoms with van der Waals surface area (Å²) in [4.78, 5) is 11.4. The van der Waals surface area contributed by atoms with E-state index < -0.39 is 0 Å². The third-order valence-electron chi connectivity index (χ3n) is 3.06. The fourth-order valence-electron chi connectivity index (χ4n) is 1.90. The molecule has 2 N–H and O–H groups in total. The smallest absolute Gasteiger partial charge is 0.234 e. The van der Waals surface area contributed by atoms with Crippen LogP contribution >= 0.6 is 0 Å². The highest BCUT2D eigenvalue weighted by Crippen LogP contribution is 2.34. The summed E-state index contributed by atoms with van der Waals surface area (Å²) in [6.07, 6.45) is 4.87. The predicted octanol–water partition coefficient (Wildman–Crippen LogP) is 1.43. The topological polar surface area (TPSA) is 41.1 Å². The van der Waals surface area contributed by atoms with E-state index in [1.165, 1.54) is 19.3 Å². The number of hydrogen-bond acceptors (Lipinski definition) is 2. The molecule has 0 saturated heterocycles. The van der Waals surface area contributed by atoms with Gasteiger partial charge in [-0.1, -0.05) is 6.92 Å². The molecule has 1 saturated carbocycles. The molecule has 1 aliphatic rings. The molecule has 0 aromatic carbocycles. The number of carbonyl (C=O) groups excluding carboxylic acids is 1. The van der Waals surface area contributed by atoms with E-state index in [-0.39, 0.29) is 17.5 Å². The Morgan fingerprint density at radius 2 is 2.07 bits per heavy atom. The van der Waals surface area contributed by atoms with Crippen LogP contribution < -0.4 is 10.6 Å². The van der Waals surface area contributed by atoms with Crippen LogP contribution in [0.1, 0.15) is 46.5 Å². The summed E-state index contributed by atoms with van der Waals surface area (Å²) in [5.74, 6) is 0.111. The summed E-state index contributed by atoms with van der Waals surface area (Å²) in [6.45, 7) is 6.62. The van der Waals surface area contributed by atoms with Gasteiger partial charge in [0.1, 0.15) is 0 Å². The molecule has 0 aromatic heterocycles. The summed E-state index contributed by atoms with van der Waals surface area (Å²) in [7, 11) is 0. The Morgan fingerprint density at radius 3 is 2.43 bits per heavy atom. The molecule has 1 aliphatic carbocycles. The van der Waals surface area contributed by atoms with Crippen molar-refractivity contribution in [3.63, 3.8) is 0 Å². The van der Waals surface area contributed by atoms with Crippen molar-refractivity contribution in [1.29, 1.82) is 0 Å². The van der Waals surface area contributed by atoms with Gasteiger partial charge >= 0.3 is 0 Å². The van der Waals surface area contributed by atoms with Gasteiger partial charge in [0.05, 0.1) is 6.54 Å². The van der Waals surface area contributed by atoms with E-state index in [0.29, 0.717) is 6.54 Å². The van der Waals surface area contributed by atoms with Gasteiger partial charge in [-0.05, 0) is 39.5 Å². The van der Waals surface area contributed by atoms with Gasteiger partial charge in [-0.15, -0.1) is 0 Å². The minimum Gasteiger partial charge on any atom is -0.353 e. The van der Waals surface area contributed by atoms with Gasteiger partial charge in [0.15, 0.2) is 0 Å². The van der Waals surface area contributed by atoms with Crippen LogP contribution in [0.15, 0.2) is 0 Å². The third-order valence-corrected chi connectivity index (χ3v) is 3.06. The van der Waals surface area contributed by atoms with Crippen LogP contribution in [-0.2, 0) is 4.79 Å². The predicted molar refractivity (Wildman–Crippen MR) is 58.2 cm³/mol. The van der Waals surface area contributed by atoms with E-state index in [2.05, 4.69) is 17.6 Å². The molecule has 0 radical (unpaired) electrons. The number of rotatable bonds is 5. The fourth-order valence-corrected chi connectivity index (χ4v) is 1.90. The molecule has 3 nitrogen and oxygen atoms in total. The molecule has 1 rings (SSSR count). The molecular weight excluding hydrogens is 176 g/mol. The molecule has 14 heavy (non-hydrogen) atoms. The molecule has 0 unspecified atom stereocenters. The van der Waals surface area contributed by atoms with Gasteiger partial charge in [0.25, 0.3) is 0 Å². The van der Waals surface area contributed by atoms with Gasteiger partial charge in [-0.2, -0.15) is 0 Å². The van der Waals surface area contributed by atoms with Crippen LogP contribution in [0.25, 0.3) is 0 Å². The third kappa shape index (κ3) is 2.98. The van der Waals surface area contributed by atoms with E-state index in [0.717, 1.165) is 6.42 Å². The molecule has 3 heteroatoms. The maximum absolute atomic E-state index is 11.4. The molecule has 0 spiro atoms. The van der Waals surface area contributed by atoms with Crippen molar-refractivity contribution in [2.75, 3.05) is 6.54 Å². The number of amides is 1. The number of hydrogen-bond donors (Lipinski definition) is 2. The Morgan fingerprint density at radius 1 is 1.43 bits per heavy atom. The highest BCUT2D eigenvalue weighted by molar-refractivity contribution is 5.78. The summed E-state index contributed by atoms with van der Waals surface area (Å²) in [6, 6.07) is 0.239. The lowest BCUT2D eigenvalue weighted by Gasteiger charge is -2.42. The van der Waals surface area contributed by atoms with Crippen LogP contribution in [0.2, 0.25) is 0 Å². The normalized spacial score (nSPS) is 19.1. The monoisotopic (exact) mass is 198 g/mol. The molecule has 0 bridgehead atoms. The molecular formula is C11H22N2O. The number of nitrogens with one attached hydrogen (secondary N) is 2. The summed E-state index contributed by atoms with van der Waals surface area (Å²) in [5.41, 5.74) is 0.272. The van der Waals surface area contributed by atoms with Crippen molar-refractivity contribution < 1.29 is 4.79 Å². The lowest BCUT2D eigenvalue weighted by atomic mass is 9.75. The van der Waals surface area contributed by atoms with Gasteiger partial charge < -0.3 is 10.6 Å². The Balaban J connectivity index is 2.22. The van der Waals surface area contributed by atoms with Crippen LogP contribution in [-0.4, -0.2) is 24.0 Å². The minimum atomic E-state index is 0.111. The first-order valence-electron chi connectivity index (χ1n) is 5.62. The van der Waals surface area contributed by atoms with Crippen molar-refractivity contribution >= 4 is 5.91 Å². The largest absolute Gasteiger partial charge is 0.353 e. The first kappa shape index (κ1) is 11.5. The van der Waals surface area contributed by atoms with Crippen LogP contribution in [0.4, 0.5) is 0 Å². The highest BCUT2D eigenvalue weighted by Gasteiger charge is 2.34. The SMILES string of the molecule is CCC1(NCC(=O)NC(C)C)CCC1. The van der Waals surface area contributed by atoms with Crippen LogP contribution in [0.5, 0.6) is 0 Å². The van der Waals surface area contributed by atoms with Crippen molar-refractivity contribution in [2.24, 2.45) is 0 Å². The summed E-state index contributed by atoms with van der Waals surface area (Å²) >= 11 is 0. The first-order valence-corrected chi connectivity index (χ1v) is 5.62. The van der Waals surface area contributed by atoms with Gasteiger partial charge in [0, 0.05) is 11.6 Å². The molecule has 0 heterocycles. The maximum atomic E-state index is 11.4. The van der Waals surface area contributed by atoms with Crippen LogP contribution in [0.3, 0.4) is 0 Å². The lowest BCUT2D eigenvalue weighted by molar-refractivity contribution is -0.121. The Kier molecular flexibility index (Phi) is 3.93. The average Bonchev–Trinajstić information content (AvgIpc) is 2.01. The van der Waals surface area contributed by atoms with Crippen molar-refractivity contribution in [1.82, 2.24) is 10.6 Å². The summed E-state index contributed by atoms with van der Waals surface area (Å²) < 4.78 is 0. The zero-order valence-electron chi connectivity index (χ0n) is 9.52. The molecule has 0 aliphatic heterocycles.